The van der Waals surface area contributed by atoms with Gasteiger partial charge in [0.15, 0.2) is 6.10 Å². The Morgan fingerprint density at radius 3 is 2.68 bits per heavy atom. The van der Waals surface area contributed by atoms with Crippen LogP contribution in [-0.4, -0.2) is 18.0 Å². The van der Waals surface area contributed by atoms with E-state index in [0.29, 0.717) is 27.7 Å². The molecule has 2 aromatic carbocycles. The van der Waals surface area contributed by atoms with Gasteiger partial charge in [0.25, 0.3) is 5.91 Å². The number of nitrogens with one attached hydrogen (secondary N) is 1. The second kappa shape index (κ2) is 5.99. The van der Waals surface area contributed by atoms with Crippen LogP contribution in [0, 0.1) is 0 Å². The van der Waals surface area contributed by atoms with E-state index in [1.54, 1.807) is 42.5 Å². The first kappa shape index (κ1) is 14.9. The minimum Gasteiger partial charge on any atom is -0.448 e. The van der Waals surface area contributed by atoms with E-state index in [1.165, 1.54) is 0 Å². The van der Waals surface area contributed by atoms with E-state index in [0.717, 1.165) is 5.56 Å². The van der Waals surface area contributed by atoms with Crippen molar-refractivity contribution in [2.75, 3.05) is 5.32 Å². The van der Waals surface area contributed by atoms with Crippen LogP contribution in [0.1, 0.15) is 15.9 Å². The van der Waals surface area contributed by atoms with Crippen LogP contribution in [-0.2, 0) is 16.0 Å². The van der Waals surface area contributed by atoms with Crippen molar-refractivity contribution in [3.63, 3.8) is 0 Å². The quantitative estimate of drug-likeness (QED) is 0.851. The van der Waals surface area contributed by atoms with Crippen LogP contribution >= 0.6 is 23.2 Å². The maximum atomic E-state index is 12.2. The van der Waals surface area contributed by atoms with Crippen molar-refractivity contribution in [2.45, 2.75) is 12.5 Å². The van der Waals surface area contributed by atoms with Crippen molar-refractivity contribution in [1.82, 2.24) is 0 Å². The molecule has 0 fully saturated rings. The summed E-state index contributed by atoms with van der Waals surface area (Å²) in [6.45, 7) is 0. The van der Waals surface area contributed by atoms with Gasteiger partial charge in [-0.25, -0.2) is 4.79 Å². The maximum Gasteiger partial charge on any atom is 0.339 e. The zero-order valence-corrected chi connectivity index (χ0v) is 12.8. The number of hydrogen-bond acceptors (Lipinski definition) is 3. The number of ether oxygens (including phenoxy) is 1. The van der Waals surface area contributed by atoms with Crippen molar-refractivity contribution in [1.29, 1.82) is 0 Å². The Balaban J connectivity index is 1.78. The van der Waals surface area contributed by atoms with Crippen molar-refractivity contribution in [3.8, 4) is 0 Å². The van der Waals surface area contributed by atoms with Gasteiger partial charge >= 0.3 is 5.97 Å². The van der Waals surface area contributed by atoms with Crippen LogP contribution in [0.3, 0.4) is 0 Å². The second-order valence-electron chi connectivity index (χ2n) is 4.90. The first-order valence-electron chi connectivity index (χ1n) is 6.59. The molecule has 112 valence electrons. The molecule has 4 nitrogen and oxygen atoms in total. The van der Waals surface area contributed by atoms with Gasteiger partial charge in [-0.15, -0.1) is 0 Å². The first-order chi connectivity index (χ1) is 10.5. The zero-order chi connectivity index (χ0) is 15.7. The molecule has 0 aliphatic carbocycles. The summed E-state index contributed by atoms with van der Waals surface area (Å²) in [5.74, 6) is -0.939. The number of halogens is 2. The predicted octanol–water partition coefficient (Wildman–Crippen LogP) is 3.71. The number of carbonyl (C=O) groups is 2. The smallest absolute Gasteiger partial charge is 0.339 e. The Kier molecular flexibility index (Phi) is 4.05. The SMILES string of the molecule is O=C1O[C@H](C(=O)Nc2cccc(Cl)c2)Cc2ccc(Cl)cc21. The molecule has 0 saturated heterocycles. The number of carbonyl (C=O) groups excluding carboxylic acids is 2. The minimum absolute atomic E-state index is 0.310. The predicted molar refractivity (Wildman–Crippen MR) is 84.4 cm³/mol. The standard InChI is InChI=1S/C16H11Cl2NO3/c17-10-2-1-3-12(7-10)19-15(20)14-6-9-4-5-11(18)8-13(9)16(21)22-14/h1-5,7-8,14H,6H2,(H,19,20)/t14-/m0/s1. The molecule has 0 spiro atoms. The number of rotatable bonds is 2. The van der Waals surface area contributed by atoms with Gasteiger partial charge in [0.05, 0.1) is 5.56 Å². The van der Waals surface area contributed by atoms with E-state index in [1.807, 2.05) is 0 Å². The molecular weight excluding hydrogens is 325 g/mol. The number of anilines is 1. The first-order valence-corrected chi connectivity index (χ1v) is 7.34. The van der Waals surface area contributed by atoms with Crippen LogP contribution in [0.25, 0.3) is 0 Å². The molecule has 1 amide bonds. The fourth-order valence-corrected chi connectivity index (χ4v) is 2.65. The maximum absolute atomic E-state index is 12.2. The average Bonchev–Trinajstić information content (AvgIpc) is 2.48. The summed E-state index contributed by atoms with van der Waals surface area (Å²) in [7, 11) is 0. The van der Waals surface area contributed by atoms with Crippen LogP contribution in [0.4, 0.5) is 5.69 Å². The van der Waals surface area contributed by atoms with E-state index < -0.39 is 18.0 Å². The molecule has 0 unspecified atom stereocenters. The van der Waals surface area contributed by atoms with Crippen LogP contribution < -0.4 is 5.32 Å². The lowest BCUT2D eigenvalue weighted by molar-refractivity contribution is -0.125. The lowest BCUT2D eigenvalue weighted by Gasteiger charge is -2.24. The third kappa shape index (κ3) is 3.08. The van der Waals surface area contributed by atoms with Gasteiger partial charge in [0.2, 0.25) is 0 Å². The number of cyclic esters (lactones) is 1. The second-order valence-corrected chi connectivity index (χ2v) is 5.77. The van der Waals surface area contributed by atoms with Crippen molar-refractivity contribution >= 4 is 40.8 Å². The summed E-state index contributed by atoms with van der Waals surface area (Å²) < 4.78 is 5.19. The van der Waals surface area contributed by atoms with E-state index in [2.05, 4.69) is 5.32 Å². The number of fused-ring (bicyclic) bond motifs is 1. The van der Waals surface area contributed by atoms with Gasteiger partial charge in [-0.3, -0.25) is 4.79 Å². The normalized spacial score (nSPS) is 16.6. The fraction of sp³-hybridized carbons (Fsp3) is 0.125. The molecule has 1 atom stereocenters. The van der Waals surface area contributed by atoms with Crippen LogP contribution in [0.5, 0.6) is 0 Å². The monoisotopic (exact) mass is 335 g/mol. The summed E-state index contributed by atoms with van der Waals surface area (Å²) in [5, 5.41) is 3.66. The number of hydrogen-bond donors (Lipinski definition) is 1. The molecule has 6 heteroatoms. The van der Waals surface area contributed by atoms with E-state index >= 15 is 0 Å². The lowest BCUT2D eigenvalue weighted by atomic mass is 9.98. The van der Waals surface area contributed by atoms with E-state index in [9.17, 15) is 9.59 Å². The highest BCUT2D eigenvalue weighted by atomic mass is 35.5. The van der Waals surface area contributed by atoms with E-state index in [-0.39, 0.29) is 0 Å². The largest absolute Gasteiger partial charge is 0.448 e. The van der Waals surface area contributed by atoms with Crippen LogP contribution in [0.2, 0.25) is 10.0 Å². The fourth-order valence-electron chi connectivity index (χ4n) is 2.29. The molecule has 0 radical (unpaired) electrons. The molecule has 2 aromatic rings. The summed E-state index contributed by atoms with van der Waals surface area (Å²) in [5.41, 5.74) is 1.70. The average molecular weight is 336 g/mol. The molecule has 0 bridgehead atoms. The molecule has 0 saturated carbocycles. The minimum atomic E-state index is -0.875. The summed E-state index contributed by atoms with van der Waals surface area (Å²) in [4.78, 5) is 24.2. The summed E-state index contributed by atoms with van der Waals surface area (Å²) in [6, 6.07) is 11.7. The molecule has 3 rings (SSSR count). The van der Waals surface area contributed by atoms with Crippen molar-refractivity contribution < 1.29 is 14.3 Å². The summed E-state index contributed by atoms with van der Waals surface area (Å²) >= 11 is 11.7. The van der Waals surface area contributed by atoms with Crippen molar-refractivity contribution in [2.24, 2.45) is 0 Å². The van der Waals surface area contributed by atoms with E-state index in [4.69, 9.17) is 27.9 Å². The lowest BCUT2D eigenvalue weighted by Crippen LogP contribution is -2.38. The summed E-state index contributed by atoms with van der Waals surface area (Å²) in [6.07, 6.45) is -0.565. The van der Waals surface area contributed by atoms with Gasteiger partial charge in [-0.2, -0.15) is 0 Å². The van der Waals surface area contributed by atoms with Gasteiger partial charge in [0.1, 0.15) is 0 Å². The molecular formula is C16H11Cl2NO3. The molecule has 1 aliphatic heterocycles. The third-order valence-electron chi connectivity index (χ3n) is 3.33. The molecule has 0 aromatic heterocycles. The topological polar surface area (TPSA) is 55.4 Å². The van der Waals surface area contributed by atoms with Crippen LogP contribution in [0.15, 0.2) is 42.5 Å². The highest BCUT2D eigenvalue weighted by molar-refractivity contribution is 6.31. The molecule has 22 heavy (non-hydrogen) atoms. The van der Waals surface area contributed by atoms with Gasteiger partial charge in [-0.1, -0.05) is 35.3 Å². The molecule has 1 aliphatic rings. The third-order valence-corrected chi connectivity index (χ3v) is 3.80. The zero-order valence-electron chi connectivity index (χ0n) is 11.3. The van der Waals surface area contributed by atoms with Crippen molar-refractivity contribution in [3.05, 3.63) is 63.6 Å². The Labute approximate surface area is 137 Å². The number of benzene rings is 2. The number of esters is 1. The molecule has 1 N–H and O–H groups in total. The van der Waals surface area contributed by atoms with Gasteiger partial charge in [-0.05, 0) is 35.9 Å². The number of amides is 1. The van der Waals surface area contributed by atoms with Gasteiger partial charge in [0, 0.05) is 22.2 Å². The van der Waals surface area contributed by atoms with Gasteiger partial charge < -0.3 is 10.1 Å². The Morgan fingerprint density at radius 1 is 1.14 bits per heavy atom. The highest BCUT2D eigenvalue weighted by Crippen LogP contribution is 2.25. The Morgan fingerprint density at radius 2 is 1.91 bits per heavy atom. The highest BCUT2D eigenvalue weighted by Gasteiger charge is 2.31. The Bertz CT molecular complexity index is 761. The molecule has 1 heterocycles. The Hall–Kier alpha value is -2.04.